The normalized spacial score (nSPS) is 25.6. The van der Waals surface area contributed by atoms with Gasteiger partial charge < -0.3 is 20.5 Å². The van der Waals surface area contributed by atoms with Crippen molar-refractivity contribution in [2.45, 2.75) is 24.9 Å². The van der Waals surface area contributed by atoms with Crippen LogP contribution in [-0.2, 0) is 9.53 Å². The number of amides is 2. The summed E-state index contributed by atoms with van der Waals surface area (Å²) in [4.78, 5) is 24.4. The topological polar surface area (TPSA) is 87.7 Å². The van der Waals surface area contributed by atoms with E-state index in [0.717, 1.165) is 0 Å². The van der Waals surface area contributed by atoms with Gasteiger partial charge in [-0.2, -0.15) is 13.2 Å². The van der Waals surface area contributed by atoms with Crippen LogP contribution in [0.1, 0.15) is 18.5 Å². The SMILES string of the molecule is CCOC(=O)[C@@H]1[C@H](c2cccc3ccccc23)NC(=O)N[C@]1(O)C(F)(F)F. The molecule has 1 heterocycles. The lowest BCUT2D eigenvalue weighted by molar-refractivity contribution is -0.294. The summed E-state index contributed by atoms with van der Waals surface area (Å²) >= 11 is 0. The van der Waals surface area contributed by atoms with Gasteiger partial charge in [-0.3, -0.25) is 4.79 Å². The molecule has 3 rings (SSSR count). The van der Waals surface area contributed by atoms with Gasteiger partial charge in [-0.1, -0.05) is 42.5 Å². The fourth-order valence-electron chi connectivity index (χ4n) is 3.32. The highest BCUT2D eigenvalue weighted by atomic mass is 19.4. The van der Waals surface area contributed by atoms with E-state index in [1.165, 1.54) is 18.3 Å². The molecule has 1 aliphatic rings. The molecule has 27 heavy (non-hydrogen) atoms. The molecule has 0 aromatic heterocycles. The van der Waals surface area contributed by atoms with E-state index >= 15 is 0 Å². The Balaban J connectivity index is 2.21. The average Bonchev–Trinajstić information content (AvgIpc) is 2.59. The Kier molecular flexibility index (Phi) is 4.73. The van der Waals surface area contributed by atoms with E-state index in [0.29, 0.717) is 10.8 Å². The fraction of sp³-hybridized carbons (Fsp3) is 0.333. The van der Waals surface area contributed by atoms with E-state index < -0.39 is 35.9 Å². The van der Waals surface area contributed by atoms with E-state index in [1.807, 2.05) is 0 Å². The standard InChI is InChI=1S/C18H17F3N2O4/c1-2-27-15(24)13-14(22-16(25)23-17(13,26)18(19,20)21)12-9-5-7-10-6-3-4-8-11(10)12/h3-9,13-14,26H,2H2,1H3,(H2,22,23,25)/t13-,14-,17+/m0/s1. The molecule has 0 aliphatic carbocycles. The second-order valence-electron chi connectivity index (χ2n) is 6.14. The van der Waals surface area contributed by atoms with Crippen molar-refractivity contribution < 1.29 is 32.6 Å². The molecule has 1 aliphatic heterocycles. The Hall–Kier alpha value is -2.81. The summed E-state index contributed by atoms with van der Waals surface area (Å²) in [5.74, 6) is -3.41. The zero-order valence-electron chi connectivity index (χ0n) is 14.2. The Morgan fingerprint density at radius 2 is 1.89 bits per heavy atom. The number of alkyl halides is 3. The molecule has 0 radical (unpaired) electrons. The van der Waals surface area contributed by atoms with Crippen LogP contribution in [0.2, 0.25) is 0 Å². The number of rotatable bonds is 3. The molecule has 3 N–H and O–H groups in total. The lowest BCUT2D eigenvalue weighted by Gasteiger charge is -2.44. The van der Waals surface area contributed by atoms with Crippen molar-refractivity contribution in [3.05, 3.63) is 48.0 Å². The van der Waals surface area contributed by atoms with Gasteiger partial charge in [-0.15, -0.1) is 0 Å². The molecule has 0 spiro atoms. The van der Waals surface area contributed by atoms with Gasteiger partial charge in [0.05, 0.1) is 12.6 Å². The predicted octanol–water partition coefficient (Wildman–Crippen LogP) is 2.62. The minimum atomic E-state index is -5.30. The number of benzene rings is 2. The highest BCUT2D eigenvalue weighted by molar-refractivity contribution is 5.89. The molecule has 3 atom stereocenters. The van der Waals surface area contributed by atoms with Crippen LogP contribution in [0.25, 0.3) is 10.8 Å². The zero-order chi connectivity index (χ0) is 19.8. The number of esters is 1. The van der Waals surface area contributed by atoms with Crippen molar-refractivity contribution in [3.8, 4) is 0 Å². The van der Waals surface area contributed by atoms with Gasteiger partial charge in [0.15, 0.2) is 0 Å². The smallest absolute Gasteiger partial charge is 0.437 e. The third kappa shape index (κ3) is 3.18. The predicted molar refractivity (Wildman–Crippen MR) is 89.5 cm³/mol. The van der Waals surface area contributed by atoms with Gasteiger partial charge in [0, 0.05) is 0 Å². The van der Waals surface area contributed by atoms with Crippen LogP contribution in [0, 0.1) is 5.92 Å². The number of hydrogen-bond donors (Lipinski definition) is 3. The van der Waals surface area contributed by atoms with Crippen molar-refractivity contribution in [2.24, 2.45) is 5.92 Å². The van der Waals surface area contributed by atoms with Crippen LogP contribution < -0.4 is 10.6 Å². The number of aliphatic hydroxyl groups is 1. The third-order valence-corrected chi connectivity index (χ3v) is 4.51. The summed E-state index contributed by atoms with van der Waals surface area (Å²) in [7, 11) is 0. The zero-order valence-corrected chi connectivity index (χ0v) is 14.2. The summed E-state index contributed by atoms with van der Waals surface area (Å²) in [5.41, 5.74) is -3.51. The third-order valence-electron chi connectivity index (χ3n) is 4.51. The Morgan fingerprint density at radius 3 is 2.56 bits per heavy atom. The van der Waals surface area contributed by atoms with Crippen LogP contribution in [0.3, 0.4) is 0 Å². The number of urea groups is 1. The van der Waals surface area contributed by atoms with Gasteiger partial charge in [-0.05, 0) is 23.3 Å². The van der Waals surface area contributed by atoms with Crippen molar-refractivity contribution in [2.75, 3.05) is 6.61 Å². The van der Waals surface area contributed by atoms with Crippen LogP contribution in [0.15, 0.2) is 42.5 Å². The number of hydrogen-bond acceptors (Lipinski definition) is 4. The number of fused-ring (bicyclic) bond motifs is 1. The number of halogens is 3. The van der Waals surface area contributed by atoms with Crippen LogP contribution >= 0.6 is 0 Å². The summed E-state index contributed by atoms with van der Waals surface area (Å²) < 4.78 is 45.7. The van der Waals surface area contributed by atoms with Crippen molar-refractivity contribution >= 4 is 22.8 Å². The highest BCUT2D eigenvalue weighted by Gasteiger charge is 2.67. The van der Waals surface area contributed by atoms with Crippen LogP contribution in [0.5, 0.6) is 0 Å². The maximum absolute atomic E-state index is 13.7. The summed E-state index contributed by atoms with van der Waals surface area (Å²) in [6, 6.07) is 9.00. The molecule has 144 valence electrons. The Labute approximate surface area is 152 Å². The van der Waals surface area contributed by atoms with E-state index in [4.69, 9.17) is 4.74 Å². The second kappa shape index (κ2) is 6.73. The minimum absolute atomic E-state index is 0.181. The first-order valence-electron chi connectivity index (χ1n) is 8.21. The first kappa shape index (κ1) is 19.0. The molecule has 6 nitrogen and oxygen atoms in total. The van der Waals surface area contributed by atoms with Gasteiger partial charge >= 0.3 is 18.2 Å². The van der Waals surface area contributed by atoms with E-state index in [-0.39, 0.29) is 12.2 Å². The molecule has 0 saturated carbocycles. The highest BCUT2D eigenvalue weighted by Crippen LogP contribution is 2.44. The lowest BCUT2D eigenvalue weighted by atomic mass is 9.80. The Bertz CT molecular complexity index is 881. The monoisotopic (exact) mass is 382 g/mol. The number of carbonyl (C=O) groups is 2. The van der Waals surface area contributed by atoms with Crippen molar-refractivity contribution in [1.29, 1.82) is 0 Å². The van der Waals surface area contributed by atoms with E-state index in [1.54, 1.807) is 36.4 Å². The van der Waals surface area contributed by atoms with Crippen LogP contribution in [-0.4, -0.2) is 35.6 Å². The largest absolute Gasteiger partial charge is 0.466 e. The number of ether oxygens (including phenoxy) is 1. The molecule has 1 fully saturated rings. The molecule has 0 unspecified atom stereocenters. The fourth-order valence-corrected chi connectivity index (χ4v) is 3.32. The number of carbonyl (C=O) groups excluding carboxylic acids is 2. The molecule has 2 aromatic carbocycles. The van der Waals surface area contributed by atoms with E-state index in [9.17, 15) is 27.9 Å². The number of nitrogens with one attached hydrogen (secondary N) is 2. The molecule has 1 saturated heterocycles. The van der Waals surface area contributed by atoms with Crippen molar-refractivity contribution in [1.82, 2.24) is 10.6 Å². The van der Waals surface area contributed by atoms with Gasteiger partial charge in [-0.25, -0.2) is 4.79 Å². The second-order valence-corrected chi connectivity index (χ2v) is 6.14. The average molecular weight is 382 g/mol. The molecular formula is C18H17F3N2O4. The minimum Gasteiger partial charge on any atom is -0.466 e. The molecule has 2 amide bonds. The summed E-state index contributed by atoms with van der Waals surface area (Å²) in [5, 5.41) is 15.4. The maximum atomic E-state index is 13.7. The molecule has 2 aromatic rings. The lowest BCUT2D eigenvalue weighted by Crippen LogP contribution is -2.73. The van der Waals surface area contributed by atoms with Gasteiger partial charge in [0.2, 0.25) is 0 Å². The molecule has 0 bridgehead atoms. The van der Waals surface area contributed by atoms with Crippen LogP contribution in [0.4, 0.5) is 18.0 Å². The Morgan fingerprint density at radius 1 is 1.22 bits per heavy atom. The quantitative estimate of drug-likeness (QED) is 0.713. The summed E-state index contributed by atoms with van der Waals surface area (Å²) in [6.07, 6.45) is -5.30. The first-order valence-corrected chi connectivity index (χ1v) is 8.21. The van der Waals surface area contributed by atoms with E-state index in [2.05, 4.69) is 5.32 Å². The maximum Gasteiger partial charge on any atom is 0.437 e. The molecular weight excluding hydrogens is 365 g/mol. The van der Waals surface area contributed by atoms with Gasteiger partial charge in [0.25, 0.3) is 5.72 Å². The summed E-state index contributed by atoms with van der Waals surface area (Å²) in [6.45, 7) is 1.26. The molecule has 9 heteroatoms. The van der Waals surface area contributed by atoms with Crippen molar-refractivity contribution in [3.63, 3.8) is 0 Å². The first-order chi connectivity index (χ1) is 12.7. The van der Waals surface area contributed by atoms with Gasteiger partial charge in [0.1, 0.15) is 5.92 Å².